The minimum atomic E-state index is -0.888. The fourth-order valence-corrected chi connectivity index (χ4v) is 3.36. The van der Waals surface area contributed by atoms with Crippen molar-refractivity contribution in [3.05, 3.63) is 131 Å². The highest BCUT2D eigenvalue weighted by atomic mass is 16.5. The predicted molar refractivity (Wildman–Crippen MR) is 125 cm³/mol. The highest BCUT2D eigenvalue weighted by Gasteiger charge is 2.25. The largest absolute Gasteiger partial charge is 0.508 e. The molecule has 2 unspecified atom stereocenters. The van der Waals surface area contributed by atoms with Crippen molar-refractivity contribution in [3.63, 3.8) is 0 Å². The number of phenolic OH excluding ortho intramolecular Hbond substituents is 1. The first-order valence-electron chi connectivity index (χ1n) is 10.2. The maximum absolute atomic E-state index is 11.0. The zero-order chi connectivity index (χ0) is 21.5. The number of aliphatic hydroxyl groups is 1. The number of hydrogen-bond acceptors (Lipinski definition) is 3. The van der Waals surface area contributed by atoms with Gasteiger partial charge in [-0.15, -0.1) is 0 Å². The van der Waals surface area contributed by atoms with Gasteiger partial charge in [0.05, 0.1) is 0 Å². The quantitative estimate of drug-likeness (QED) is 0.347. The van der Waals surface area contributed by atoms with Crippen molar-refractivity contribution in [3.8, 4) is 11.5 Å². The summed E-state index contributed by atoms with van der Waals surface area (Å²) < 4.78 is 6.23. The van der Waals surface area contributed by atoms with Crippen LogP contribution in [0, 0.1) is 0 Å². The van der Waals surface area contributed by atoms with Crippen molar-refractivity contribution in [1.82, 2.24) is 0 Å². The average Bonchev–Trinajstić information content (AvgIpc) is 2.83. The molecule has 4 aromatic rings. The number of aromatic hydroxyl groups is 1. The fraction of sp³-hybridized carbons (Fsp3) is 0.0714. The van der Waals surface area contributed by atoms with E-state index in [0.717, 1.165) is 16.7 Å². The topological polar surface area (TPSA) is 49.7 Å². The maximum atomic E-state index is 11.0. The summed E-state index contributed by atoms with van der Waals surface area (Å²) >= 11 is 0. The van der Waals surface area contributed by atoms with Crippen molar-refractivity contribution in [2.45, 2.75) is 12.2 Å². The van der Waals surface area contributed by atoms with Gasteiger partial charge < -0.3 is 14.9 Å². The summed E-state index contributed by atoms with van der Waals surface area (Å²) in [7, 11) is 0. The molecule has 0 bridgehead atoms. The first-order valence-corrected chi connectivity index (χ1v) is 10.2. The van der Waals surface area contributed by atoms with Crippen molar-refractivity contribution >= 4 is 12.2 Å². The van der Waals surface area contributed by atoms with E-state index in [1.54, 1.807) is 24.3 Å². The van der Waals surface area contributed by atoms with E-state index in [9.17, 15) is 10.2 Å². The summed E-state index contributed by atoms with van der Waals surface area (Å²) in [6.45, 7) is 0. The van der Waals surface area contributed by atoms with E-state index in [1.165, 1.54) is 0 Å². The Morgan fingerprint density at radius 2 is 1.13 bits per heavy atom. The second-order valence-corrected chi connectivity index (χ2v) is 7.30. The van der Waals surface area contributed by atoms with Gasteiger partial charge in [0.25, 0.3) is 0 Å². The van der Waals surface area contributed by atoms with Crippen molar-refractivity contribution in [2.75, 3.05) is 0 Å². The van der Waals surface area contributed by atoms with Crippen LogP contribution in [0.15, 0.2) is 109 Å². The van der Waals surface area contributed by atoms with Crippen LogP contribution in [-0.2, 0) is 0 Å². The Labute approximate surface area is 182 Å². The number of ether oxygens (including phenoxy) is 1. The SMILES string of the molecule is Oc1ccc(C(O)C(Oc2ccc(/C=C/c3ccccc3)cc2)c2ccccc2)cc1. The molecule has 3 nitrogen and oxygen atoms in total. The van der Waals surface area contributed by atoms with Gasteiger partial charge in [-0.2, -0.15) is 0 Å². The zero-order valence-electron chi connectivity index (χ0n) is 17.0. The first kappa shape index (κ1) is 20.5. The normalized spacial score (nSPS) is 13.1. The molecule has 2 atom stereocenters. The van der Waals surface area contributed by atoms with Gasteiger partial charge in [-0.3, -0.25) is 0 Å². The average molecular weight is 408 g/mol. The Bertz CT molecular complexity index is 1100. The van der Waals surface area contributed by atoms with Crippen LogP contribution in [-0.4, -0.2) is 10.2 Å². The van der Waals surface area contributed by atoms with E-state index in [-0.39, 0.29) is 5.75 Å². The summed E-state index contributed by atoms with van der Waals surface area (Å²) in [4.78, 5) is 0. The summed E-state index contributed by atoms with van der Waals surface area (Å²) in [6.07, 6.45) is 2.65. The molecule has 0 fully saturated rings. The maximum Gasteiger partial charge on any atom is 0.154 e. The predicted octanol–water partition coefficient (Wildman–Crippen LogP) is 6.42. The molecule has 0 amide bonds. The third-order valence-corrected chi connectivity index (χ3v) is 5.06. The second kappa shape index (κ2) is 9.79. The lowest BCUT2D eigenvalue weighted by molar-refractivity contribution is 0.0343. The molecule has 0 saturated heterocycles. The number of phenols is 1. The van der Waals surface area contributed by atoms with Gasteiger partial charge in [0.2, 0.25) is 0 Å². The molecule has 0 radical (unpaired) electrons. The lowest BCUT2D eigenvalue weighted by Gasteiger charge is -2.25. The van der Waals surface area contributed by atoms with E-state index in [1.807, 2.05) is 72.8 Å². The van der Waals surface area contributed by atoms with E-state index in [4.69, 9.17) is 4.74 Å². The molecule has 31 heavy (non-hydrogen) atoms. The highest BCUT2D eigenvalue weighted by Crippen LogP contribution is 2.34. The van der Waals surface area contributed by atoms with Crippen molar-refractivity contribution < 1.29 is 14.9 Å². The molecule has 154 valence electrons. The number of rotatable bonds is 7. The van der Waals surface area contributed by atoms with E-state index in [0.29, 0.717) is 11.3 Å². The molecule has 0 heterocycles. The first-order chi connectivity index (χ1) is 15.2. The third-order valence-electron chi connectivity index (χ3n) is 5.06. The van der Waals surface area contributed by atoms with E-state index >= 15 is 0 Å². The van der Waals surface area contributed by atoms with Crippen LogP contribution in [0.25, 0.3) is 12.2 Å². The summed E-state index contributed by atoms with van der Waals surface area (Å²) in [5.41, 5.74) is 3.75. The Morgan fingerprint density at radius 3 is 1.74 bits per heavy atom. The molecule has 4 aromatic carbocycles. The molecule has 0 saturated carbocycles. The summed E-state index contributed by atoms with van der Waals surface area (Å²) in [6, 6.07) is 34.1. The van der Waals surface area contributed by atoms with Gasteiger partial charge in [0.15, 0.2) is 6.10 Å². The van der Waals surface area contributed by atoms with Gasteiger partial charge in [-0.1, -0.05) is 97.1 Å². The zero-order valence-corrected chi connectivity index (χ0v) is 17.0. The van der Waals surface area contributed by atoms with Gasteiger partial charge >= 0.3 is 0 Å². The molecule has 0 aliphatic rings. The lowest BCUT2D eigenvalue weighted by Crippen LogP contribution is -2.17. The molecular formula is C28H24O3. The number of hydrogen-bond donors (Lipinski definition) is 2. The minimum Gasteiger partial charge on any atom is -0.508 e. The second-order valence-electron chi connectivity index (χ2n) is 7.30. The lowest BCUT2D eigenvalue weighted by atomic mass is 9.98. The van der Waals surface area contributed by atoms with Gasteiger partial charge in [-0.05, 0) is 46.5 Å². The summed E-state index contributed by atoms with van der Waals surface area (Å²) in [5, 5.41) is 20.6. The van der Waals surface area contributed by atoms with E-state index < -0.39 is 12.2 Å². The smallest absolute Gasteiger partial charge is 0.154 e. The Morgan fingerprint density at radius 1 is 0.581 bits per heavy atom. The third kappa shape index (κ3) is 5.41. The van der Waals surface area contributed by atoms with Crippen LogP contribution in [0.5, 0.6) is 11.5 Å². The molecule has 0 spiro atoms. The molecule has 0 aliphatic heterocycles. The van der Waals surface area contributed by atoms with Gasteiger partial charge in [0.1, 0.15) is 17.6 Å². The standard InChI is InChI=1S/C28H24O3/c29-25-17-15-23(16-18-25)27(30)28(24-9-5-2-6-10-24)31-26-19-13-22(14-20-26)12-11-21-7-3-1-4-8-21/h1-20,27-30H/b12-11+. The van der Waals surface area contributed by atoms with E-state index in [2.05, 4.69) is 24.3 Å². The van der Waals surface area contributed by atoms with Crippen LogP contribution in [0.1, 0.15) is 34.5 Å². The van der Waals surface area contributed by atoms with Gasteiger partial charge in [0, 0.05) is 0 Å². The molecule has 3 heteroatoms. The number of benzene rings is 4. The van der Waals surface area contributed by atoms with Crippen molar-refractivity contribution in [1.29, 1.82) is 0 Å². The van der Waals surface area contributed by atoms with Crippen LogP contribution in [0.3, 0.4) is 0 Å². The molecule has 0 aliphatic carbocycles. The Kier molecular flexibility index (Phi) is 6.46. The van der Waals surface area contributed by atoms with Crippen LogP contribution in [0.2, 0.25) is 0 Å². The monoisotopic (exact) mass is 408 g/mol. The van der Waals surface area contributed by atoms with Crippen molar-refractivity contribution in [2.24, 2.45) is 0 Å². The molecule has 4 rings (SSSR count). The Balaban J connectivity index is 1.54. The van der Waals surface area contributed by atoms with Crippen LogP contribution in [0.4, 0.5) is 0 Å². The van der Waals surface area contributed by atoms with Crippen LogP contribution >= 0.6 is 0 Å². The summed E-state index contributed by atoms with van der Waals surface area (Å²) in [5.74, 6) is 0.829. The van der Waals surface area contributed by atoms with Gasteiger partial charge in [-0.25, -0.2) is 0 Å². The fourth-order valence-electron chi connectivity index (χ4n) is 3.36. The molecular weight excluding hydrogens is 384 g/mol. The van der Waals surface area contributed by atoms with Crippen LogP contribution < -0.4 is 4.74 Å². The highest BCUT2D eigenvalue weighted by molar-refractivity contribution is 5.69. The minimum absolute atomic E-state index is 0.160. The molecule has 2 N–H and O–H groups in total. The Hall–Kier alpha value is -3.82. The number of aliphatic hydroxyl groups excluding tert-OH is 1. The molecule has 0 aromatic heterocycles.